The highest BCUT2D eigenvalue weighted by Crippen LogP contribution is 2.24. The molecule has 2 aromatic carbocycles. The Balaban J connectivity index is 2.08. The summed E-state index contributed by atoms with van der Waals surface area (Å²) in [7, 11) is 0. The van der Waals surface area contributed by atoms with Gasteiger partial charge in [-0.15, -0.1) is 6.58 Å². The van der Waals surface area contributed by atoms with Crippen molar-refractivity contribution in [1.82, 2.24) is 4.57 Å². The van der Waals surface area contributed by atoms with Crippen LogP contribution in [0.3, 0.4) is 0 Å². The van der Waals surface area contributed by atoms with Crippen molar-refractivity contribution in [2.24, 2.45) is 0 Å². The SMILES string of the molecule is C=CCc1c(-c2ccccc2)oc(=O)n1Cc1ccccc1. The van der Waals surface area contributed by atoms with Crippen LogP contribution in [-0.2, 0) is 13.0 Å². The molecular formula is C19H17NO2. The summed E-state index contributed by atoms with van der Waals surface area (Å²) in [6.45, 7) is 4.29. The molecule has 1 aromatic heterocycles. The van der Waals surface area contributed by atoms with E-state index in [1.165, 1.54) is 0 Å². The van der Waals surface area contributed by atoms with E-state index >= 15 is 0 Å². The highest BCUT2D eigenvalue weighted by molar-refractivity contribution is 5.60. The molecule has 0 aliphatic heterocycles. The second-order valence-corrected chi connectivity index (χ2v) is 5.07. The number of oxazole rings is 1. The van der Waals surface area contributed by atoms with E-state index in [9.17, 15) is 4.79 Å². The van der Waals surface area contributed by atoms with Crippen LogP contribution in [0.1, 0.15) is 11.3 Å². The van der Waals surface area contributed by atoms with Crippen molar-refractivity contribution in [2.45, 2.75) is 13.0 Å². The number of rotatable bonds is 5. The number of hydrogen-bond acceptors (Lipinski definition) is 2. The van der Waals surface area contributed by atoms with Crippen LogP contribution in [0.25, 0.3) is 11.3 Å². The predicted octanol–water partition coefficient (Wildman–Crippen LogP) is 3.89. The Morgan fingerprint density at radius 1 is 1.00 bits per heavy atom. The summed E-state index contributed by atoms with van der Waals surface area (Å²) < 4.78 is 7.20. The monoisotopic (exact) mass is 291 g/mol. The number of allylic oxidation sites excluding steroid dienone is 1. The van der Waals surface area contributed by atoms with Crippen LogP contribution in [0.2, 0.25) is 0 Å². The summed E-state index contributed by atoms with van der Waals surface area (Å²) in [5.41, 5.74) is 2.83. The molecule has 0 spiro atoms. The Kier molecular flexibility index (Phi) is 4.05. The molecule has 0 N–H and O–H groups in total. The minimum Gasteiger partial charge on any atom is -0.407 e. The highest BCUT2D eigenvalue weighted by atomic mass is 16.4. The second-order valence-electron chi connectivity index (χ2n) is 5.07. The van der Waals surface area contributed by atoms with Crippen molar-refractivity contribution in [3.63, 3.8) is 0 Å². The quantitative estimate of drug-likeness (QED) is 0.669. The van der Waals surface area contributed by atoms with Crippen LogP contribution in [-0.4, -0.2) is 4.57 Å². The molecule has 0 unspecified atom stereocenters. The van der Waals surface area contributed by atoms with E-state index in [2.05, 4.69) is 6.58 Å². The van der Waals surface area contributed by atoms with Gasteiger partial charge in [-0.25, -0.2) is 4.79 Å². The molecule has 1 heterocycles. The van der Waals surface area contributed by atoms with Crippen molar-refractivity contribution in [3.8, 4) is 11.3 Å². The van der Waals surface area contributed by atoms with Gasteiger partial charge in [0.2, 0.25) is 0 Å². The van der Waals surface area contributed by atoms with Gasteiger partial charge in [0.25, 0.3) is 0 Å². The van der Waals surface area contributed by atoms with Gasteiger partial charge < -0.3 is 4.42 Å². The van der Waals surface area contributed by atoms with Gasteiger partial charge in [0.1, 0.15) is 0 Å². The van der Waals surface area contributed by atoms with Gasteiger partial charge in [-0.05, 0) is 5.56 Å². The standard InChI is InChI=1S/C19H17NO2/c1-2-9-17-18(16-12-7-4-8-13-16)22-19(21)20(17)14-15-10-5-3-6-11-15/h2-8,10-13H,1,9,14H2. The Morgan fingerprint density at radius 3 is 2.27 bits per heavy atom. The molecule has 0 bridgehead atoms. The van der Waals surface area contributed by atoms with Crippen LogP contribution < -0.4 is 5.76 Å². The molecule has 0 radical (unpaired) electrons. The first-order chi connectivity index (χ1) is 10.8. The third kappa shape index (κ3) is 2.79. The normalized spacial score (nSPS) is 10.5. The van der Waals surface area contributed by atoms with Crippen LogP contribution in [0.5, 0.6) is 0 Å². The zero-order chi connectivity index (χ0) is 15.4. The molecule has 0 saturated heterocycles. The summed E-state index contributed by atoms with van der Waals surface area (Å²) >= 11 is 0. The predicted molar refractivity (Wildman–Crippen MR) is 87.8 cm³/mol. The van der Waals surface area contributed by atoms with Gasteiger partial charge in [0, 0.05) is 12.0 Å². The lowest BCUT2D eigenvalue weighted by Gasteiger charge is -2.06. The average Bonchev–Trinajstić information content (AvgIpc) is 2.86. The van der Waals surface area contributed by atoms with Crippen molar-refractivity contribution < 1.29 is 4.42 Å². The summed E-state index contributed by atoms with van der Waals surface area (Å²) in [6, 6.07) is 19.6. The Bertz CT molecular complexity index is 814. The molecule has 3 nitrogen and oxygen atoms in total. The lowest BCUT2D eigenvalue weighted by Crippen LogP contribution is -2.17. The molecule has 22 heavy (non-hydrogen) atoms. The molecule has 3 heteroatoms. The first-order valence-electron chi connectivity index (χ1n) is 7.22. The maximum Gasteiger partial charge on any atom is 0.420 e. The minimum absolute atomic E-state index is 0.334. The fourth-order valence-electron chi connectivity index (χ4n) is 2.51. The Morgan fingerprint density at radius 2 is 1.64 bits per heavy atom. The molecule has 110 valence electrons. The Labute approximate surface area is 129 Å². The fourth-order valence-corrected chi connectivity index (χ4v) is 2.51. The van der Waals surface area contributed by atoms with Crippen LogP contribution in [0, 0.1) is 0 Å². The fraction of sp³-hybridized carbons (Fsp3) is 0.105. The third-order valence-corrected chi connectivity index (χ3v) is 3.55. The zero-order valence-electron chi connectivity index (χ0n) is 12.2. The average molecular weight is 291 g/mol. The maximum absolute atomic E-state index is 12.3. The number of hydrogen-bond donors (Lipinski definition) is 0. The molecular weight excluding hydrogens is 274 g/mol. The first kappa shape index (κ1) is 14.1. The second kappa shape index (κ2) is 6.31. The third-order valence-electron chi connectivity index (χ3n) is 3.55. The van der Waals surface area contributed by atoms with E-state index in [4.69, 9.17) is 4.42 Å². The van der Waals surface area contributed by atoms with E-state index in [1.807, 2.05) is 60.7 Å². The summed E-state index contributed by atoms with van der Waals surface area (Å²) in [5.74, 6) is 0.293. The van der Waals surface area contributed by atoms with Gasteiger partial charge in [0.15, 0.2) is 5.76 Å². The lowest BCUT2D eigenvalue weighted by atomic mass is 10.1. The van der Waals surface area contributed by atoms with Gasteiger partial charge in [-0.3, -0.25) is 4.57 Å². The summed E-state index contributed by atoms with van der Waals surface area (Å²) in [4.78, 5) is 12.3. The number of aromatic nitrogens is 1. The summed E-state index contributed by atoms with van der Waals surface area (Å²) in [6.07, 6.45) is 2.38. The molecule has 0 saturated carbocycles. The molecule has 0 aliphatic carbocycles. The largest absolute Gasteiger partial charge is 0.420 e. The van der Waals surface area contributed by atoms with Crippen molar-refractivity contribution in [1.29, 1.82) is 0 Å². The molecule has 0 aliphatic rings. The van der Waals surface area contributed by atoms with E-state index < -0.39 is 0 Å². The van der Waals surface area contributed by atoms with E-state index in [0.717, 1.165) is 16.8 Å². The zero-order valence-corrected chi connectivity index (χ0v) is 12.2. The van der Waals surface area contributed by atoms with Gasteiger partial charge >= 0.3 is 5.76 Å². The van der Waals surface area contributed by atoms with Gasteiger partial charge in [-0.2, -0.15) is 0 Å². The number of nitrogens with zero attached hydrogens (tertiary/aromatic N) is 1. The smallest absolute Gasteiger partial charge is 0.407 e. The minimum atomic E-state index is -0.334. The molecule has 0 atom stereocenters. The number of benzene rings is 2. The first-order valence-corrected chi connectivity index (χ1v) is 7.22. The maximum atomic E-state index is 12.3. The van der Waals surface area contributed by atoms with E-state index in [-0.39, 0.29) is 5.76 Å². The Hall–Kier alpha value is -2.81. The van der Waals surface area contributed by atoms with Gasteiger partial charge in [0.05, 0.1) is 12.2 Å². The van der Waals surface area contributed by atoms with Crippen LogP contribution >= 0.6 is 0 Å². The molecule has 3 aromatic rings. The van der Waals surface area contributed by atoms with Crippen molar-refractivity contribution >= 4 is 0 Å². The molecule has 0 fully saturated rings. The molecule has 0 amide bonds. The van der Waals surface area contributed by atoms with Crippen LogP contribution in [0.15, 0.2) is 82.5 Å². The highest BCUT2D eigenvalue weighted by Gasteiger charge is 2.17. The van der Waals surface area contributed by atoms with E-state index in [1.54, 1.807) is 10.6 Å². The molecule has 3 rings (SSSR count). The summed E-state index contributed by atoms with van der Waals surface area (Å²) in [5, 5.41) is 0. The van der Waals surface area contributed by atoms with Crippen LogP contribution in [0.4, 0.5) is 0 Å². The van der Waals surface area contributed by atoms with Gasteiger partial charge in [-0.1, -0.05) is 66.7 Å². The van der Waals surface area contributed by atoms with Crippen molar-refractivity contribution in [3.05, 3.63) is 95.1 Å². The van der Waals surface area contributed by atoms with E-state index in [0.29, 0.717) is 18.7 Å². The van der Waals surface area contributed by atoms with Crippen molar-refractivity contribution in [2.75, 3.05) is 0 Å². The lowest BCUT2D eigenvalue weighted by molar-refractivity contribution is 0.496. The topological polar surface area (TPSA) is 35.1 Å².